The SMILES string of the molecule is CC(C)NC(=O)NCCN1CCN(c2nccc(-c3ccc4ccccc4c3)n2)CC1. The third kappa shape index (κ3) is 5.49. The number of aromatic nitrogens is 2. The number of fused-ring (bicyclic) bond motifs is 1. The van der Waals surface area contributed by atoms with E-state index in [0.717, 1.165) is 49.9 Å². The molecule has 7 heteroatoms. The molecule has 0 unspecified atom stereocenters. The molecule has 31 heavy (non-hydrogen) atoms. The number of benzene rings is 2. The van der Waals surface area contributed by atoms with Gasteiger partial charge < -0.3 is 15.5 Å². The van der Waals surface area contributed by atoms with Crippen LogP contribution < -0.4 is 15.5 Å². The summed E-state index contributed by atoms with van der Waals surface area (Å²) in [7, 11) is 0. The molecule has 4 rings (SSSR count). The second-order valence-electron chi connectivity index (χ2n) is 8.19. The van der Waals surface area contributed by atoms with Crippen LogP contribution in [0.5, 0.6) is 0 Å². The first-order valence-electron chi connectivity index (χ1n) is 10.9. The van der Waals surface area contributed by atoms with Crippen molar-refractivity contribution in [3.05, 3.63) is 54.7 Å². The monoisotopic (exact) mass is 418 g/mol. The molecule has 0 saturated carbocycles. The van der Waals surface area contributed by atoms with Crippen molar-refractivity contribution in [3.8, 4) is 11.3 Å². The predicted molar refractivity (Wildman–Crippen MR) is 125 cm³/mol. The molecule has 7 nitrogen and oxygen atoms in total. The Labute approximate surface area is 183 Å². The highest BCUT2D eigenvalue weighted by Gasteiger charge is 2.19. The minimum absolute atomic E-state index is 0.104. The van der Waals surface area contributed by atoms with Gasteiger partial charge >= 0.3 is 6.03 Å². The number of hydrogen-bond donors (Lipinski definition) is 2. The van der Waals surface area contributed by atoms with Crippen molar-refractivity contribution in [2.24, 2.45) is 0 Å². The number of amides is 2. The van der Waals surface area contributed by atoms with Crippen molar-refractivity contribution in [1.29, 1.82) is 0 Å². The number of nitrogens with zero attached hydrogens (tertiary/aromatic N) is 4. The van der Waals surface area contributed by atoms with Gasteiger partial charge in [-0.25, -0.2) is 14.8 Å². The Morgan fingerprint density at radius 3 is 2.58 bits per heavy atom. The molecule has 0 spiro atoms. The fourth-order valence-corrected chi connectivity index (χ4v) is 3.82. The second-order valence-corrected chi connectivity index (χ2v) is 8.19. The van der Waals surface area contributed by atoms with Crippen molar-refractivity contribution in [3.63, 3.8) is 0 Å². The van der Waals surface area contributed by atoms with Gasteiger partial charge in [0, 0.05) is 57.1 Å². The Kier molecular flexibility index (Phi) is 6.62. The largest absolute Gasteiger partial charge is 0.338 e. The van der Waals surface area contributed by atoms with Gasteiger partial charge in [0.25, 0.3) is 0 Å². The van der Waals surface area contributed by atoms with E-state index in [9.17, 15) is 4.79 Å². The zero-order valence-electron chi connectivity index (χ0n) is 18.2. The van der Waals surface area contributed by atoms with Gasteiger partial charge in [-0.3, -0.25) is 4.90 Å². The van der Waals surface area contributed by atoms with Crippen molar-refractivity contribution in [1.82, 2.24) is 25.5 Å². The zero-order valence-corrected chi connectivity index (χ0v) is 18.2. The van der Waals surface area contributed by atoms with Gasteiger partial charge in [0.1, 0.15) is 0 Å². The molecule has 162 valence electrons. The highest BCUT2D eigenvalue weighted by Crippen LogP contribution is 2.24. The fourth-order valence-electron chi connectivity index (χ4n) is 3.82. The highest BCUT2D eigenvalue weighted by molar-refractivity contribution is 5.86. The number of nitrogens with one attached hydrogen (secondary N) is 2. The lowest BCUT2D eigenvalue weighted by Gasteiger charge is -2.34. The number of carbonyl (C=O) groups is 1. The lowest BCUT2D eigenvalue weighted by atomic mass is 10.1. The number of hydrogen-bond acceptors (Lipinski definition) is 5. The van der Waals surface area contributed by atoms with Crippen LogP contribution in [0.15, 0.2) is 54.7 Å². The Morgan fingerprint density at radius 1 is 1.03 bits per heavy atom. The quantitative estimate of drug-likeness (QED) is 0.643. The van der Waals surface area contributed by atoms with E-state index in [1.54, 1.807) is 0 Å². The molecule has 1 aliphatic rings. The summed E-state index contributed by atoms with van der Waals surface area (Å²) in [5.74, 6) is 0.778. The van der Waals surface area contributed by atoms with E-state index in [2.05, 4.69) is 67.9 Å². The maximum absolute atomic E-state index is 11.7. The average Bonchev–Trinajstić information content (AvgIpc) is 2.79. The molecular formula is C24H30N6O. The summed E-state index contributed by atoms with van der Waals surface area (Å²) in [5.41, 5.74) is 2.05. The van der Waals surface area contributed by atoms with Gasteiger partial charge in [0.05, 0.1) is 5.69 Å². The minimum atomic E-state index is -0.104. The molecule has 1 fully saturated rings. The summed E-state index contributed by atoms with van der Waals surface area (Å²) in [6, 6.07) is 16.8. The third-order valence-corrected chi connectivity index (χ3v) is 5.48. The third-order valence-electron chi connectivity index (χ3n) is 5.48. The first-order valence-corrected chi connectivity index (χ1v) is 10.9. The molecule has 0 radical (unpaired) electrons. The predicted octanol–water partition coefficient (Wildman–Crippen LogP) is 3.13. The van der Waals surface area contributed by atoms with Gasteiger partial charge in [0.2, 0.25) is 5.95 Å². The number of piperazine rings is 1. The summed E-state index contributed by atoms with van der Waals surface area (Å²) in [6.07, 6.45) is 1.84. The van der Waals surface area contributed by atoms with E-state index in [1.807, 2.05) is 26.1 Å². The van der Waals surface area contributed by atoms with Crippen LogP contribution in [0.1, 0.15) is 13.8 Å². The number of anilines is 1. The normalized spacial score (nSPS) is 14.7. The second kappa shape index (κ2) is 9.75. The number of carbonyl (C=O) groups excluding carboxylic acids is 1. The van der Waals surface area contributed by atoms with Crippen LogP contribution in [0, 0.1) is 0 Å². The van der Waals surface area contributed by atoms with E-state index in [1.165, 1.54) is 10.8 Å². The molecule has 1 aliphatic heterocycles. The maximum atomic E-state index is 11.7. The standard InChI is InChI=1S/C24H30N6O/c1-18(2)27-24(31)26-11-12-29-13-15-30(16-14-29)23-25-10-9-22(28-23)21-8-7-19-5-3-4-6-20(19)17-21/h3-10,17-18H,11-16H2,1-2H3,(H2,26,27,31). The topological polar surface area (TPSA) is 73.4 Å². The van der Waals surface area contributed by atoms with Crippen LogP contribution in [0.2, 0.25) is 0 Å². The van der Waals surface area contributed by atoms with Crippen LogP contribution >= 0.6 is 0 Å². The summed E-state index contributed by atoms with van der Waals surface area (Å²) in [5, 5.41) is 8.20. The molecule has 2 heterocycles. The van der Waals surface area contributed by atoms with Gasteiger partial charge in [-0.15, -0.1) is 0 Å². The van der Waals surface area contributed by atoms with Gasteiger partial charge in [-0.2, -0.15) is 0 Å². The molecule has 1 saturated heterocycles. The summed E-state index contributed by atoms with van der Waals surface area (Å²) >= 11 is 0. The maximum Gasteiger partial charge on any atom is 0.315 e. The summed E-state index contributed by atoms with van der Waals surface area (Å²) < 4.78 is 0. The first-order chi connectivity index (χ1) is 15.1. The fraction of sp³-hybridized carbons (Fsp3) is 0.375. The van der Waals surface area contributed by atoms with Gasteiger partial charge in [-0.1, -0.05) is 36.4 Å². The minimum Gasteiger partial charge on any atom is -0.338 e. The van der Waals surface area contributed by atoms with Crippen molar-refractivity contribution >= 4 is 22.8 Å². The van der Waals surface area contributed by atoms with Crippen molar-refractivity contribution in [2.75, 3.05) is 44.2 Å². The average molecular weight is 419 g/mol. The Hall–Kier alpha value is -3.19. The van der Waals surface area contributed by atoms with Crippen LogP contribution in [0.4, 0.5) is 10.7 Å². The Bertz CT molecular complexity index is 1030. The van der Waals surface area contributed by atoms with Gasteiger partial charge in [-0.05, 0) is 36.8 Å². The lowest BCUT2D eigenvalue weighted by Crippen LogP contribution is -2.49. The van der Waals surface area contributed by atoms with Crippen LogP contribution in [0.25, 0.3) is 22.0 Å². The molecular weight excluding hydrogens is 388 g/mol. The molecule has 0 bridgehead atoms. The molecule has 2 N–H and O–H groups in total. The smallest absolute Gasteiger partial charge is 0.315 e. The lowest BCUT2D eigenvalue weighted by molar-refractivity contribution is 0.230. The zero-order chi connectivity index (χ0) is 21.6. The molecule has 2 aromatic carbocycles. The highest BCUT2D eigenvalue weighted by atomic mass is 16.2. The Morgan fingerprint density at radius 2 is 1.81 bits per heavy atom. The summed E-state index contributed by atoms with van der Waals surface area (Å²) in [4.78, 5) is 25.6. The summed E-state index contributed by atoms with van der Waals surface area (Å²) in [6.45, 7) is 9.00. The van der Waals surface area contributed by atoms with E-state index < -0.39 is 0 Å². The first kappa shape index (κ1) is 21.1. The Balaban J connectivity index is 1.33. The van der Waals surface area contributed by atoms with E-state index in [-0.39, 0.29) is 12.1 Å². The molecule has 0 atom stereocenters. The molecule has 0 aliphatic carbocycles. The van der Waals surface area contributed by atoms with Crippen LogP contribution in [-0.2, 0) is 0 Å². The number of urea groups is 1. The van der Waals surface area contributed by atoms with Crippen LogP contribution in [-0.4, -0.2) is 66.2 Å². The number of rotatable bonds is 6. The van der Waals surface area contributed by atoms with E-state index >= 15 is 0 Å². The van der Waals surface area contributed by atoms with E-state index in [0.29, 0.717) is 6.54 Å². The molecule has 2 amide bonds. The van der Waals surface area contributed by atoms with Gasteiger partial charge in [0.15, 0.2) is 0 Å². The molecule has 3 aromatic rings. The van der Waals surface area contributed by atoms with Crippen molar-refractivity contribution < 1.29 is 4.79 Å². The van der Waals surface area contributed by atoms with E-state index in [4.69, 9.17) is 4.98 Å². The molecule has 1 aromatic heterocycles. The van der Waals surface area contributed by atoms with Crippen molar-refractivity contribution in [2.45, 2.75) is 19.9 Å². The van der Waals surface area contributed by atoms with Crippen LogP contribution in [0.3, 0.4) is 0 Å².